The number of fused-ring (bicyclic) bond motifs is 1. The van der Waals surface area contributed by atoms with E-state index >= 15 is 9.18 Å². The molecule has 2 fully saturated rings. The standard InChI is InChI=1S/C49H51F5N4O8/c50-38-12-9-10-34(43(38)51)20-23-36-28-41(59)37-11-3-4-13-39(37)58(36)40(29-42(55-24-5-1-6-25-55)56-26-7-2-8-27-56)45(61)57(48(66,47(64)65)44(60)46(62)63)30-31-14-16-32(17-15-31)33-18-21-35(22-19-33)49(52,53)54/h3-4,9-19,21-22,28,40,42,44,60,66H,1-2,5-8,20,23-27,29-30H2,(H,62,63)(H,64,65). The van der Waals surface area contributed by atoms with E-state index in [1.165, 1.54) is 65.2 Å². The zero-order valence-corrected chi connectivity index (χ0v) is 36.0. The third-order valence-corrected chi connectivity index (χ3v) is 12.8. The van der Waals surface area contributed by atoms with E-state index in [9.17, 15) is 52.4 Å². The van der Waals surface area contributed by atoms with Crippen molar-refractivity contribution in [2.24, 2.45) is 0 Å². The number of amides is 1. The van der Waals surface area contributed by atoms with Crippen molar-refractivity contribution in [3.8, 4) is 11.1 Å². The van der Waals surface area contributed by atoms with Gasteiger partial charge in [0, 0.05) is 30.1 Å². The minimum atomic E-state index is -4.57. The molecular formula is C49H51F5N4O8. The van der Waals surface area contributed by atoms with Gasteiger partial charge in [0.2, 0.25) is 12.0 Å². The van der Waals surface area contributed by atoms with Gasteiger partial charge in [-0.3, -0.25) is 24.3 Å². The largest absolute Gasteiger partial charge is 0.479 e. The summed E-state index contributed by atoms with van der Waals surface area (Å²) < 4.78 is 71.0. The number of rotatable bonds is 16. The van der Waals surface area contributed by atoms with Crippen LogP contribution in [0.4, 0.5) is 22.0 Å². The summed E-state index contributed by atoms with van der Waals surface area (Å²) in [5, 5.41) is 44.2. The Morgan fingerprint density at radius 2 is 1.30 bits per heavy atom. The van der Waals surface area contributed by atoms with E-state index < -0.39 is 77.2 Å². The summed E-state index contributed by atoms with van der Waals surface area (Å²) in [7, 11) is 0. The summed E-state index contributed by atoms with van der Waals surface area (Å²) in [6, 6.07) is 20.0. The van der Waals surface area contributed by atoms with Crippen LogP contribution in [0.3, 0.4) is 0 Å². The van der Waals surface area contributed by atoms with E-state index in [0.29, 0.717) is 42.2 Å². The lowest BCUT2D eigenvalue weighted by Crippen LogP contribution is -2.66. The van der Waals surface area contributed by atoms with Crippen LogP contribution in [0.5, 0.6) is 0 Å². The number of benzene rings is 4. The normalized spacial score (nSPS) is 17.0. The highest BCUT2D eigenvalue weighted by atomic mass is 19.4. The van der Waals surface area contributed by atoms with Crippen LogP contribution in [-0.2, 0) is 39.9 Å². The highest BCUT2D eigenvalue weighted by Crippen LogP contribution is 2.35. The summed E-state index contributed by atoms with van der Waals surface area (Å²) in [5.41, 5.74) is -3.78. The molecule has 7 rings (SSSR count). The lowest BCUT2D eigenvalue weighted by molar-refractivity contribution is -0.219. The molecule has 3 unspecified atom stereocenters. The Morgan fingerprint density at radius 1 is 0.727 bits per heavy atom. The van der Waals surface area contributed by atoms with Crippen LogP contribution in [0, 0.1) is 11.6 Å². The average Bonchev–Trinajstić information content (AvgIpc) is 3.31. The number of carboxylic acids is 2. The fourth-order valence-electron chi connectivity index (χ4n) is 9.32. The van der Waals surface area contributed by atoms with Crippen LogP contribution >= 0.6 is 0 Å². The zero-order chi connectivity index (χ0) is 47.3. The number of alkyl halides is 3. The van der Waals surface area contributed by atoms with Gasteiger partial charge >= 0.3 is 18.1 Å². The van der Waals surface area contributed by atoms with E-state index in [2.05, 4.69) is 9.80 Å². The van der Waals surface area contributed by atoms with Crippen molar-refractivity contribution in [2.45, 2.75) is 94.5 Å². The molecule has 0 spiro atoms. The summed E-state index contributed by atoms with van der Waals surface area (Å²) in [6.45, 7) is 1.83. The molecule has 5 aromatic rings. The van der Waals surface area contributed by atoms with Gasteiger partial charge in [-0.1, -0.05) is 73.5 Å². The minimum absolute atomic E-state index is 0.0178. The fourth-order valence-corrected chi connectivity index (χ4v) is 9.32. The second-order valence-corrected chi connectivity index (χ2v) is 17.0. The molecule has 1 aromatic heterocycles. The molecule has 350 valence electrons. The number of carbonyl (C=O) groups excluding carboxylic acids is 1. The van der Waals surface area contributed by atoms with Gasteiger partial charge in [-0.05, 0) is 117 Å². The number of aliphatic carboxylic acids is 2. The number of carboxylic acid groups (broad SMARTS) is 2. The maximum absolute atomic E-state index is 15.9. The first kappa shape index (κ1) is 47.9. The molecule has 1 amide bonds. The molecule has 0 saturated carbocycles. The predicted octanol–water partition coefficient (Wildman–Crippen LogP) is 7.23. The van der Waals surface area contributed by atoms with Crippen molar-refractivity contribution >= 4 is 28.7 Å². The maximum Gasteiger partial charge on any atom is 0.416 e. The van der Waals surface area contributed by atoms with Crippen molar-refractivity contribution < 1.29 is 56.8 Å². The van der Waals surface area contributed by atoms with Crippen LogP contribution in [0.15, 0.2) is 102 Å². The molecule has 66 heavy (non-hydrogen) atoms. The molecule has 0 aliphatic carbocycles. The second kappa shape index (κ2) is 20.2. The van der Waals surface area contributed by atoms with Crippen molar-refractivity contribution in [1.82, 2.24) is 19.3 Å². The van der Waals surface area contributed by atoms with Crippen LogP contribution in [0.1, 0.15) is 73.4 Å². The first-order valence-corrected chi connectivity index (χ1v) is 22.0. The predicted molar refractivity (Wildman–Crippen MR) is 234 cm³/mol. The molecular weight excluding hydrogens is 868 g/mol. The number of pyridine rings is 1. The number of halogens is 5. The number of hydrogen-bond acceptors (Lipinski definition) is 8. The molecule has 12 nitrogen and oxygen atoms in total. The number of hydrogen-bond donors (Lipinski definition) is 4. The third-order valence-electron chi connectivity index (χ3n) is 12.8. The Bertz CT molecular complexity index is 2580. The molecule has 3 atom stereocenters. The Hall–Kier alpha value is -6.01. The van der Waals surface area contributed by atoms with Gasteiger partial charge in [0.15, 0.2) is 17.1 Å². The second-order valence-electron chi connectivity index (χ2n) is 17.0. The Kier molecular flexibility index (Phi) is 14.7. The minimum Gasteiger partial charge on any atom is -0.479 e. The molecule has 2 saturated heterocycles. The van der Waals surface area contributed by atoms with Gasteiger partial charge in [0.05, 0.1) is 17.2 Å². The number of aliphatic hydroxyl groups is 2. The van der Waals surface area contributed by atoms with Crippen molar-refractivity contribution in [3.63, 3.8) is 0 Å². The van der Waals surface area contributed by atoms with Gasteiger partial charge in [-0.2, -0.15) is 13.2 Å². The molecule has 0 bridgehead atoms. The molecule has 4 N–H and O–H groups in total. The molecule has 2 aliphatic heterocycles. The number of para-hydroxylation sites is 1. The Morgan fingerprint density at radius 3 is 1.86 bits per heavy atom. The number of aromatic nitrogens is 1. The molecule has 2 aliphatic rings. The van der Waals surface area contributed by atoms with E-state index in [-0.39, 0.29) is 47.0 Å². The van der Waals surface area contributed by atoms with Gasteiger partial charge in [-0.15, -0.1) is 0 Å². The topological polar surface area (TPSA) is 164 Å². The maximum atomic E-state index is 15.9. The highest BCUT2D eigenvalue weighted by molar-refractivity contribution is 5.93. The van der Waals surface area contributed by atoms with Crippen molar-refractivity contribution in [1.29, 1.82) is 0 Å². The fraction of sp³-hybridized carbons (Fsp3) is 0.388. The monoisotopic (exact) mass is 918 g/mol. The summed E-state index contributed by atoms with van der Waals surface area (Å²) in [4.78, 5) is 60.4. The molecule has 4 aromatic carbocycles. The first-order chi connectivity index (χ1) is 31.5. The highest BCUT2D eigenvalue weighted by Gasteiger charge is 2.56. The zero-order valence-electron chi connectivity index (χ0n) is 36.0. The van der Waals surface area contributed by atoms with Crippen molar-refractivity contribution in [3.05, 3.63) is 141 Å². The van der Waals surface area contributed by atoms with Crippen LogP contribution in [-0.4, -0.2) is 102 Å². The van der Waals surface area contributed by atoms with Gasteiger partial charge < -0.3 is 25.0 Å². The number of carbonyl (C=O) groups is 3. The smallest absolute Gasteiger partial charge is 0.416 e. The SMILES string of the molecule is O=C(O)C(O)C(O)(C(=O)O)N(Cc1ccc(-c2ccc(C(F)(F)F)cc2)cc1)C(=O)C(CC(N1CCCCC1)N1CCCCC1)n1c(CCc2cccc(F)c2F)cc(=O)c2ccccc21. The quantitative estimate of drug-likeness (QED) is 0.0587. The Labute approximate surface area is 377 Å². The summed E-state index contributed by atoms with van der Waals surface area (Å²) in [5.74, 6) is -7.74. The van der Waals surface area contributed by atoms with Gasteiger partial charge in [-0.25, -0.2) is 18.4 Å². The number of aliphatic hydroxyl groups excluding tert-OH is 1. The number of likely N-dealkylation sites (tertiary alicyclic amines) is 2. The van der Waals surface area contributed by atoms with E-state index in [0.717, 1.165) is 56.7 Å². The number of piperidine rings is 2. The van der Waals surface area contributed by atoms with Crippen LogP contribution < -0.4 is 5.43 Å². The summed E-state index contributed by atoms with van der Waals surface area (Å²) in [6.07, 6.45) is -3.13. The lowest BCUT2D eigenvalue weighted by atomic mass is 9.96. The third kappa shape index (κ3) is 10.2. The van der Waals surface area contributed by atoms with Crippen LogP contribution in [0.25, 0.3) is 22.0 Å². The van der Waals surface area contributed by atoms with E-state index in [4.69, 9.17) is 0 Å². The Balaban J connectivity index is 1.41. The summed E-state index contributed by atoms with van der Waals surface area (Å²) >= 11 is 0. The first-order valence-electron chi connectivity index (χ1n) is 22.0. The molecule has 3 heterocycles. The average molecular weight is 919 g/mol. The van der Waals surface area contributed by atoms with Crippen molar-refractivity contribution in [2.75, 3.05) is 26.2 Å². The van der Waals surface area contributed by atoms with Crippen LogP contribution in [0.2, 0.25) is 0 Å². The van der Waals surface area contributed by atoms with E-state index in [1.54, 1.807) is 18.2 Å². The van der Waals surface area contributed by atoms with Gasteiger partial charge in [0.25, 0.3) is 5.72 Å². The number of nitrogens with zero attached hydrogens (tertiary/aromatic N) is 4. The molecule has 0 radical (unpaired) electrons. The van der Waals surface area contributed by atoms with Gasteiger partial charge in [0.1, 0.15) is 6.04 Å². The number of aryl methyl sites for hydroxylation is 2. The lowest BCUT2D eigenvalue weighted by Gasteiger charge is -2.46. The van der Waals surface area contributed by atoms with E-state index in [1.807, 2.05) is 0 Å². The molecule has 17 heteroatoms.